The van der Waals surface area contributed by atoms with Crippen molar-refractivity contribution in [1.29, 1.82) is 0 Å². The van der Waals surface area contributed by atoms with Crippen molar-refractivity contribution in [3.63, 3.8) is 0 Å². The van der Waals surface area contributed by atoms with Gasteiger partial charge in [0.25, 0.3) is 0 Å². The maximum Gasteiger partial charge on any atom is 0.329 e. The Labute approximate surface area is 168 Å². The number of halogens is 1. The Morgan fingerprint density at radius 3 is 2.22 bits per heavy atom. The molecule has 0 spiro atoms. The van der Waals surface area contributed by atoms with Crippen molar-refractivity contribution in [2.75, 3.05) is 11.9 Å². The predicted molar refractivity (Wildman–Crippen MR) is 108 cm³/mol. The fourth-order valence-electron chi connectivity index (χ4n) is 2.17. The van der Waals surface area contributed by atoms with E-state index in [2.05, 4.69) is 31.9 Å². The highest BCUT2D eigenvalue weighted by molar-refractivity contribution is 9.10. The first-order valence-corrected chi connectivity index (χ1v) is 9.58. The predicted octanol–water partition coefficient (Wildman–Crippen LogP) is 3.44. The van der Waals surface area contributed by atoms with Gasteiger partial charge in [-0.2, -0.15) is 0 Å². The van der Waals surface area contributed by atoms with Crippen LogP contribution >= 0.6 is 15.9 Å². The number of hydrogen-bond donors (Lipinski definition) is 3. The lowest BCUT2D eigenvalue weighted by atomic mass is 10.0. The molecule has 0 aliphatic rings. The van der Waals surface area contributed by atoms with Crippen molar-refractivity contribution in [1.82, 2.24) is 10.6 Å². The Morgan fingerprint density at radius 2 is 1.70 bits per heavy atom. The van der Waals surface area contributed by atoms with E-state index in [0.717, 1.165) is 4.47 Å². The highest BCUT2D eigenvalue weighted by atomic mass is 79.9. The van der Waals surface area contributed by atoms with E-state index in [1.165, 1.54) is 0 Å². The van der Waals surface area contributed by atoms with Crippen LogP contribution in [0.1, 0.15) is 41.0 Å². The number of amides is 3. The number of rotatable bonds is 7. The lowest BCUT2D eigenvalue weighted by Crippen LogP contribution is -2.48. The summed E-state index contributed by atoms with van der Waals surface area (Å²) in [6, 6.07) is 5.77. The second-order valence-electron chi connectivity index (χ2n) is 7.60. The zero-order valence-corrected chi connectivity index (χ0v) is 18.0. The average Bonchev–Trinajstić information content (AvgIpc) is 2.52. The van der Waals surface area contributed by atoms with Gasteiger partial charge in [-0.25, -0.2) is 9.59 Å². The lowest BCUT2D eigenvalue weighted by molar-refractivity contribution is -0.159. The lowest BCUT2D eigenvalue weighted by Gasteiger charge is -2.25. The maximum atomic E-state index is 12.3. The van der Waals surface area contributed by atoms with Gasteiger partial charge in [-0.3, -0.25) is 4.79 Å². The molecule has 0 aromatic heterocycles. The molecule has 0 radical (unpaired) electrons. The topological polar surface area (TPSA) is 96.5 Å². The summed E-state index contributed by atoms with van der Waals surface area (Å²) in [5.74, 6) is -0.752. The van der Waals surface area contributed by atoms with E-state index in [1.807, 2.05) is 13.8 Å². The highest BCUT2D eigenvalue weighted by Crippen LogP contribution is 2.14. The second-order valence-corrected chi connectivity index (χ2v) is 8.51. The molecular weight excluding hydrogens is 414 g/mol. The molecule has 1 atom stereocenters. The summed E-state index contributed by atoms with van der Waals surface area (Å²) in [5.41, 5.74) is -0.0395. The Bertz CT molecular complexity index is 654. The fraction of sp³-hybridized carbons (Fsp3) is 0.526. The van der Waals surface area contributed by atoms with Gasteiger partial charge in [0, 0.05) is 10.2 Å². The number of ether oxygens (including phenoxy) is 1. The zero-order chi connectivity index (χ0) is 20.6. The molecule has 0 heterocycles. The van der Waals surface area contributed by atoms with E-state index in [0.29, 0.717) is 12.1 Å². The van der Waals surface area contributed by atoms with E-state index in [4.69, 9.17) is 4.74 Å². The van der Waals surface area contributed by atoms with E-state index < -0.39 is 29.6 Å². The van der Waals surface area contributed by atoms with Crippen molar-refractivity contribution in [2.45, 2.75) is 52.7 Å². The molecule has 7 nitrogen and oxygen atoms in total. The maximum absolute atomic E-state index is 12.3. The molecule has 0 saturated heterocycles. The summed E-state index contributed by atoms with van der Waals surface area (Å²) in [4.78, 5) is 36.3. The first-order chi connectivity index (χ1) is 12.5. The molecule has 3 N–H and O–H groups in total. The van der Waals surface area contributed by atoms with Gasteiger partial charge in [0.05, 0.1) is 6.54 Å². The van der Waals surface area contributed by atoms with Gasteiger partial charge in [0.15, 0.2) is 0 Å². The number of hydrogen-bond acceptors (Lipinski definition) is 4. The summed E-state index contributed by atoms with van der Waals surface area (Å²) >= 11 is 3.31. The SMILES string of the molecule is CC(C)C[C@H](NC(=O)CNC(=O)Nc1ccc(Br)cc1)C(=O)OC(C)(C)C. The number of carbonyl (C=O) groups excluding carboxylic acids is 3. The van der Waals surface area contributed by atoms with Gasteiger partial charge in [-0.05, 0) is 57.4 Å². The van der Waals surface area contributed by atoms with Gasteiger partial charge in [0.2, 0.25) is 5.91 Å². The third kappa shape index (κ3) is 9.98. The van der Waals surface area contributed by atoms with E-state index in [-0.39, 0.29) is 12.5 Å². The Hall–Kier alpha value is -2.09. The van der Waals surface area contributed by atoms with Crippen LogP contribution in [-0.2, 0) is 14.3 Å². The molecule has 1 aromatic carbocycles. The molecule has 0 bridgehead atoms. The quantitative estimate of drug-likeness (QED) is 0.564. The minimum Gasteiger partial charge on any atom is -0.458 e. The van der Waals surface area contributed by atoms with Gasteiger partial charge >= 0.3 is 12.0 Å². The number of benzene rings is 1. The highest BCUT2D eigenvalue weighted by Gasteiger charge is 2.27. The average molecular weight is 442 g/mol. The molecule has 27 heavy (non-hydrogen) atoms. The molecule has 3 amide bonds. The smallest absolute Gasteiger partial charge is 0.329 e. The zero-order valence-electron chi connectivity index (χ0n) is 16.4. The molecular formula is C19H28BrN3O4. The molecule has 0 unspecified atom stereocenters. The first kappa shape index (κ1) is 23.0. The van der Waals surface area contributed by atoms with Crippen LogP contribution in [0.3, 0.4) is 0 Å². The summed E-state index contributed by atoms with van der Waals surface area (Å²) in [6.07, 6.45) is 0.450. The van der Waals surface area contributed by atoms with Crippen LogP contribution in [0.5, 0.6) is 0 Å². The summed E-state index contributed by atoms with van der Waals surface area (Å²) in [6.45, 7) is 8.97. The number of carbonyl (C=O) groups is 3. The summed E-state index contributed by atoms with van der Waals surface area (Å²) in [5, 5.41) is 7.72. The van der Waals surface area contributed by atoms with E-state index in [1.54, 1.807) is 45.0 Å². The number of nitrogens with one attached hydrogen (secondary N) is 3. The van der Waals surface area contributed by atoms with Crippen LogP contribution in [0.4, 0.5) is 10.5 Å². The molecule has 0 aliphatic heterocycles. The third-order valence-electron chi connectivity index (χ3n) is 3.25. The number of esters is 1. The van der Waals surface area contributed by atoms with Crippen LogP contribution in [0.15, 0.2) is 28.7 Å². The summed E-state index contributed by atoms with van der Waals surface area (Å²) < 4.78 is 6.25. The van der Waals surface area contributed by atoms with Crippen LogP contribution in [0.2, 0.25) is 0 Å². The minimum atomic E-state index is -0.756. The first-order valence-electron chi connectivity index (χ1n) is 8.79. The molecule has 8 heteroatoms. The largest absolute Gasteiger partial charge is 0.458 e. The van der Waals surface area contributed by atoms with Crippen LogP contribution < -0.4 is 16.0 Å². The van der Waals surface area contributed by atoms with Crippen LogP contribution in [-0.4, -0.2) is 36.1 Å². The van der Waals surface area contributed by atoms with Crippen LogP contribution in [0.25, 0.3) is 0 Å². The number of urea groups is 1. The monoisotopic (exact) mass is 441 g/mol. The Kier molecular flexibility index (Phi) is 8.75. The normalized spacial score (nSPS) is 12.3. The molecule has 0 saturated carbocycles. The molecule has 0 fully saturated rings. The molecule has 1 aromatic rings. The van der Waals surface area contributed by atoms with Gasteiger partial charge in [-0.1, -0.05) is 29.8 Å². The van der Waals surface area contributed by atoms with Crippen molar-refractivity contribution < 1.29 is 19.1 Å². The summed E-state index contributed by atoms with van der Waals surface area (Å²) in [7, 11) is 0. The van der Waals surface area contributed by atoms with Crippen molar-refractivity contribution in [3.05, 3.63) is 28.7 Å². The van der Waals surface area contributed by atoms with E-state index in [9.17, 15) is 14.4 Å². The number of anilines is 1. The van der Waals surface area contributed by atoms with Crippen molar-refractivity contribution in [2.24, 2.45) is 5.92 Å². The fourth-order valence-corrected chi connectivity index (χ4v) is 2.44. The molecule has 0 aliphatic carbocycles. The minimum absolute atomic E-state index is 0.191. The van der Waals surface area contributed by atoms with Crippen molar-refractivity contribution in [3.8, 4) is 0 Å². The van der Waals surface area contributed by atoms with Gasteiger partial charge < -0.3 is 20.7 Å². The van der Waals surface area contributed by atoms with E-state index >= 15 is 0 Å². The molecule has 150 valence electrons. The molecule has 1 rings (SSSR count). The Morgan fingerprint density at radius 1 is 1.11 bits per heavy atom. The van der Waals surface area contributed by atoms with Crippen LogP contribution in [0, 0.1) is 5.92 Å². The van der Waals surface area contributed by atoms with Gasteiger partial charge in [-0.15, -0.1) is 0 Å². The second kappa shape index (κ2) is 10.3. The third-order valence-corrected chi connectivity index (χ3v) is 3.77. The van der Waals surface area contributed by atoms with Crippen molar-refractivity contribution >= 4 is 39.5 Å². The Balaban J connectivity index is 2.53. The van der Waals surface area contributed by atoms with Gasteiger partial charge in [0.1, 0.15) is 11.6 Å². The standard InChI is InChI=1S/C19H28BrN3O4/c1-12(2)10-15(17(25)27-19(3,4)5)23-16(24)11-21-18(26)22-14-8-6-13(20)7-9-14/h6-9,12,15H,10-11H2,1-5H3,(H,23,24)(H2,21,22,26)/t15-/m0/s1.